The molecule has 1 fully saturated rings. The fourth-order valence-corrected chi connectivity index (χ4v) is 6.14. The summed E-state index contributed by atoms with van der Waals surface area (Å²) < 4.78 is 10.6. The summed E-state index contributed by atoms with van der Waals surface area (Å²) in [6, 6.07) is 15.2. The summed E-state index contributed by atoms with van der Waals surface area (Å²) >= 11 is 0. The standard InChI is InChI=1S/C38H52O6/c1-5-7-8-9-29-14-19-34(20-15-29)36-21-16-31(22-32(36)6-2)11-10-30-12-17-33(18-13-30)35(25-43-37(41)27(3)23-39)26-44-38(42)28(4)24-40/h12-13,16-18,21-22,29,34-35,39-40H,3-11,14-15,19-20,23-26H2,1-2H3. The van der Waals surface area contributed by atoms with E-state index >= 15 is 0 Å². The van der Waals surface area contributed by atoms with Crippen molar-refractivity contribution in [2.24, 2.45) is 5.92 Å². The van der Waals surface area contributed by atoms with Crippen LogP contribution in [0.25, 0.3) is 0 Å². The highest BCUT2D eigenvalue weighted by molar-refractivity contribution is 5.88. The van der Waals surface area contributed by atoms with Crippen molar-refractivity contribution in [1.82, 2.24) is 0 Å². The first-order chi connectivity index (χ1) is 21.3. The van der Waals surface area contributed by atoms with Gasteiger partial charge in [0.1, 0.15) is 13.2 Å². The molecule has 240 valence electrons. The molecule has 0 amide bonds. The van der Waals surface area contributed by atoms with Crippen molar-refractivity contribution in [3.8, 4) is 0 Å². The third kappa shape index (κ3) is 10.7. The van der Waals surface area contributed by atoms with E-state index in [1.165, 1.54) is 68.1 Å². The number of esters is 2. The molecule has 0 unspecified atom stereocenters. The van der Waals surface area contributed by atoms with Crippen LogP contribution in [0.2, 0.25) is 0 Å². The Kier molecular flexibility index (Phi) is 14.9. The number of aryl methyl sites for hydroxylation is 3. The number of carbonyl (C=O) groups is 2. The summed E-state index contributed by atoms with van der Waals surface area (Å²) in [6.07, 6.45) is 13.8. The van der Waals surface area contributed by atoms with Crippen molar-refractivity contribution in [3.05, 3.63) is 94.6 Å². The zero-order valence-corrected chi connectivity index (χ0v) is 26.8. The molecule has 1 aliphatic carbocycles. The molecule has 44 heavy (non-hydrogen) atoms. The summed E-state index contributed by atoms with van der Waals surface area (Å²) in [7, 11) is 0. The van der Waals surface area contributed by atoms with Crippen LogP contribution in [-0.2, 0) is 38.3 Å². The fraction of sp³-hybridized carbons (Fsp3) is 0.526. The SMILES string of the molecule is C=C(CO)C(=O)OCC(COC(=O)C(=C)CO)c1ccc(CCc2ccc(C3CCC(CCCCC)CC3)c(CC)c2)cc1. The van der Waals surface area contributed by atoms with E-state index < -0.39 is 31.1 Å². The highest BCUT2D eigenvalue weighted by atomic mass is 16.5. The molecule has 0 saturated heterocycles. The van der Waals surface area contributed by atoms with Crippen molar-refractivity contribution in [3.63, 3.8) is 0 Å². The number of benzene rings is 2. The number of rotatable bonds is 18. The van der Waals surface area contributed by atoms with Gasteiger partial charge in [0.25, 0.3) is 0 Å². The Morgan fingerprint density at radius 1 is 0.818 bits per heavy atom. The number of ether oxygens (including phenoxy) is 2. The van der Waals surface area contributed by atoms with Crippen molar-refractivity contribution >= 4 is 11.9 Å². The third-order valence-electron chi connectivity index (χ3n) is 9.03. The molecular weight excluding hydrogens is 552 g/mol. The lowest BCUT2D eigenvalue weighted by atomic mass is 9.75. The molecule has 2 aromatic rings. The molecule has 2 aromatic carbocycles. The molecule has 6 heteroatoms. The maximum atomic E-state index is 12.1. The molecule has 0 atom stereocenters. The van der Waals surface area contributed by atoms with Gasteiger partial charge in [0.2, 0.25) is 0 Å². The molecular formula is C38H52O6. The molecule has 0 radical (unpaired) electrons. The maximum Gasteiger partial charge on any atom is 0.335 e. The zero-order chi connectivity index (χ0) is 31.9. The molecule has 6 nitrogen and oxygen atoms in total. The van der Waals surface area contributed by atoms with Gasteiger partial charge in [-0.15, -0.1) is 0 Å². The van der Waals surface area contributed by atoms with E-state index in [2.05, 4.69) is 57.3 Å². The summed E-state index contributed by atoms with van der Waals surface area (Å²) in [5, 5.41) is 18.3. The van der Waals surface area contributed by atoms with Crippen LogP contribution in [-0.4, -0.2) is 48.6 Å². The maximum absolute atomic E-state index is 12.1. The van der Waals surface area contributed by atoms with Gasteiger partial charge in [0.15, 0.2) is 0 Å². The van der Waals surface area contributed by atoms with Crippen molar-refractivity contribution in [1.29, 1.82) is 0 Å². The van der Waals surface area contributed by atoms with Crippen LogP contribution in [0.15, 0.2) is 66.8 Å². The molecule has 0 aliphatic heterocycles. The van der Waals surface area contributed by atoms with Gasteiger partial charge in [0, 0.05) is 0 Å². The first kappa shape index (κ1) is 35.3. The number of aliphatic hydroxyl groups is 2. The topological polar surface area (TPSA) is 93.1 Å². The second-order valence-electron chi connectivity index (χ2n) is 12.3. The van der Waals surface area contributed by atoms with E-state index in [0.29, 0.717) is 5.92 Å². The van der Waals surface area contributed by atoms with Gasteiger partial charge in [-0.2, -0.15) is 0 Å². The average Bonchev–Trinajstić information content (AvgIpc) is 3.06. The van der Waals surface area contributed by atoms with E-state index in [0.717, 1.165) is 30.7 Å². The Labute approximate surface area is 264 Å². The highest BCUT2D eigenvalue weighted by Crippen LogP contribution is 2.39. The minimum absolute atomic E-state index is 0.0470. The quantitative estimate of drug-likeness (QED) is 0.107. The number of aliphatic hydroxyl groups excluding tert-OH is 2. The van der Waals surface area contributed by atoms with Gasteiger partial charge in [-0.25, -0.2) is 9.59 Å². The van der Waals surface area contributed by atoms with Crippen molar-refractivity contribution < 1.29 is 29.3 Å². The van der Waals surface area contributed by atoms with Gasteiger partial charge in [0.05, 0.1) is 30.3 Å². The van der Waals surface area contributed by atoms with Crippen molar-refractivity contribution in [2.75, 3.05) is 26.4 Å². The van der Waals surface area contributed by atoms with E-state index in [9.17, 15) is 9.59 Å². The number of hydrogen-bond donors (Lipinski definition) is 2. The normalized spacial score (nSPS) is 16.5. The minimum Gasteiger partial charge on any atom is -0.461 e. The lowest BCUT2D eigenvalue weighted by molar-refractivity contribution is -0.142. The van der Waals surface area contributed by atoms with Crippen LogP contribution in [0, 0.1) is 5.92 Å². The largest absolute Gasteiger partial charge is 0.461 e. The van der Waals surface area contributed by atoms with Crippen LogP contribution in [0.1, 0.15) is 105 Å². The Morgan fingerprint density at radius 2 is 1.39 bits per heavy atom. The lowest BCUT2D eigenvalue weighted by Gasteiger charge is -2.30. The van der Waals surface area contributed by atoms with Gasteiger partial charge in [-0.1, -0.05) is 95.2 Å². The molecule has 0 heterocycles. The number of hydrogen-bond acceptors (Lipinski definition) is 6. The monoisotopic (exact) mass is 604 g/mol. The first-order valence-corrected chi connectivity index (χ1v) is 16.4. The Balaban J connectivity index is 1.59. The van der Waals surface area contributed by atoms with Crippen LogP contribution in [0.3, 0.4) is 0 Å². The van der Waals surface area contributed by atoms with Gasteiger partial charge in [-0.05, 0) is 84.6 Å². The summed E-state index contributed by atoms with van der Waals surface area (Å²) in [5.41, 5.74) is 6.34. The zero-order valence-electron chi connectivity index (χ0n) is 26.8. The molecule has 1 saturated carbocycles. The Hall–Kier alpha value is -3.22. The molecule has 2 N–H and O–H groups in total. The Morgan fingerprint density at radius 3 is 1.93 bits per heavy atom. The van der Waals surface area contributed by atoms with E-state index in [4.69, 9.17) is 19.7 Å². The van der Waals surface area contributed by atoms with Gasteiger partial charge < -0.3 is 19.7 Å². The smallest absolute Gasteiger partial charge is 0.335 e. The van der Waals surface area contributed by atoms with Crippen LogP contribution < -0.4 is 0 Å². The molecule has 3 rings (SSSR count). The molecule has 0 aromatic heterocycles. The van der Waals surface area contributed by atoms with Crippen LogP contribution in [0.4, 0.5) is 0 Å². The van der Waals surface area contributed by atoms with Gasteiger partial charge >= 0.3 is 11.9 Å². The molecule has 1 aliphatic rings. The predicted molar refractivity (Wildman–Crippen MR) is 176 cm³/mol. The second kappa shape index (κ2) is 18.6. The van der Waals surface area contributed by atoms with E-state index in [1.54, 1.807) is 5.56 Å². The summed E-state index contributed by atoms with van der Waals surface area (Å²) in [5.74, 6) is -0.211. The summed E-state index contributed by atoms with van der Waals surface area (Å²) in [4.78, 5) is 24.1. The number of carbonyl (C=O) groups excluding carboxylic acids is 2. The lowest BCUT2D eigenvalue weighted by Crippen LogP contribution is -2.21. The van der Waals surface area contributed by atoms with Gasteiger partial charge in [-0.3, -0.25) is 0 Å². The second-order valence-corrected chi connectivity index (χ2v) is 12.3. The third-order valence-corrected chi connectivity index (χ3v) is 9.03. The average molecular weight is 605 g/mol. The number of unbranched alkanes of at least 4 members (excludes halogenated alkanes) is 2. The van der Waals surface area contributed by atoms with Crippen LogP contribution in [0.5, 0.6) is 0 Å². The minimum atomic E-state index is -0.701. The predicted octanol–water partition coefficient (Wildman–Crippen LogP) is 7.16. The van der Waals surface area contributed by atoms with Crippen molar-refractivity contribution in [2.45, 2.75) is 96.3 Å². The van der Waals surface area contributed by atoms with E-state index in [1.807, 2.05) is 12.1 Å². The fourth-order valence-electron chi connectivity index (χ4n) is 6.14. The Bertz CT molecular complexity index is 1190. The van der Waals surface area contributed by atoms with Crippen LogP contribution >= 0.6 is 0 Å². The first-order valence-electron chi connectivity index (χ1n) is 16.4. The highest BCUT2D eigenvalue weighted by Gasteiger charge is 2.24. The molecule has 0 spiro atoms. The summed E-state index contributed by atoms with van der Waals surface area (Å²) in [6.45, 7) is 10.4. The van der Waals surface area contributed by atoms with E-state index in [-0.39, 0.29) is 24.4 Å². The molecule has 0 bridgehead atoms.